The van der Waals surface area contributed by atoms with Gasteiger partial charge in [-0.3, -0.25) is 0 Å². The van der Waals surface area contributed by atoms with Gasteiger partial charge in [-0.2, -0.15) is 0 Å². The summed E-state index contributed by atoms with van der Waals surface area (Å²) in [5, 5.41) is 10.5. The first-order valence-corrected chi connectivity index (χ1v) is 7.66. The molecule has 0 bridgehead atoms. The van der Waals surface area contributed by atoms with Crippen molar-refractivity contribution in [3.05, 3.63) is 34.1 Å². The van der Waals surface area contributed by atoms with Gasteiger partial charge in [0, 0.05) is 6.61 Å². The van der Waals surface area contributed by atoms with Gasteiger partial charge in [-0.1, -0.05) is 6.07 Å². The van der Waals surface area contributed by atoms with Crippen molar-refractivity contribution in [3.8, 4) is 0 Å². The quantitative estimate of drug-likeness (QED) is 0.890. The molecule has 104 valence electrons. The smallest absolute Gasteiger partial charge is 0.137 e. The van der Waals surface area contributed by atoms with Gasteiger partial charge >= 0.3 is 0 Å². The predicted octanol–water partition coefficient (Wildman–Crippen LogP) is 3.97. The number of ether oxygens (including phenoxy) is 1. The van der Waals surface area contributed by atoms with E-state index in [1.807, 2.05) is 0 Å². The summed E-state index contributed by atoms with van der Waals surface area (Å²) in [5.41, 5.74) is 0.680. The summed E-state index contributed by atoms with van der Waals surface area (Å²) in [6.07, 6.45) is 4.57. The van der Waals surface area contributed by atoms with E-state index in [0.29, 0.717) is 16.6 Å². The van der Waals surface area contributed by atoms with E-state index in [-0.39, 0.29) is 17.3 Å². The van der Waals surface area contributed by atoms with Crippen molar-refractivity contribution in [2.75, 3.05) is 6.61 Å². The van der Waals surface area contributed by atoms with Crippen LogP contribution in [0.25, 0.3) is 0 Å². The Bertz CT molecular complexity index is 473. The van der Waals surface area contributed by atoms with Crippen molar-refractivity contribution in [2.24, 2.45) is 5.92 Å². The average Bonchev–Trinajstić information content (AvgIpc) is 2.39. The van der Waals surface area contributed by atoms with Crippen LogP contribution in [-0.2, 0) is 4.74 Å². The summed E-state index contributed by atoms with van der Waals surface area (Å²) < 4.78 is 19.9. The van der Waals surface area contributed by atoms with E-state index >= 15 is 0 Å². The molecule has 1 saturated heterocycles. The molecule has 4 heteroatoms. The molecule has 1 heterocycles. The highest BCUT2D eigenvalue weighted by Crippen LogP contribution is 2.47. The fourth-order valence-corrected chi connectivity index (χ4v) is 3.47. The molecule has 19 heavy (non-hydrogen) atoms. The molecular weight excluding hydrogens is 311 g/mol. The van der Waals surface area contributed by atoms with E-state index < -0.39 is 6.10 Å². The van der Waals surface area contributed by atoms with Gasteiger partial charge in [0.05, 0.1) is 16.2 Å². The minimum atomic E-state index is -0.594. The number of halogens is 2. The number of rotatable bonds is 2. The summed E-state index contributed by atoms with van der Waals surface area (Å²) in [5.74, 6) is -0.142. The van der Waals surface area contributed by atoms with Gasteiger partial charge in [0.2, 0.25) is 0 Å². The van der Waals surface area contributed by atoms with Crippen molar-refractivity contribution in [1.29, 1.82) is 0 Å². The topological polar surface area (TPSA) is 29.5 Å². The molecule has 1 spiro atoms. The highest BCUT2D eigenvalue weighted by molar-refractivity contribution is 9.10. The molecule has 0 amide bonds. The Labute approximate surface area is 121 Å². The molecule has 3 rings (SSSR count). The van der Waals surface area contributed by atoms with Gasteiger partial charge in [0.1, 0.15) is 5.82 Å². The minimum Gasteiger partial charge on any atom is -0.388 e. The van der Waals surface area contributed by atoms with Crippen molar-refractivity contribution >= 4 is 15.9 Å². The highest BCUT2D eigenvalue weighted by Gasteiger charge is 2.44. The zero-order valence-electron chi connectivity index (χ0n) is 10.7. The summed E-state index contributed by atoms with van der Waals surface area (Å²) in [4.78, 5) is 0. The number of benzene rings is 1. The molecule has 1 aliphatic heterocycles. The lowest BCUT2D eigenvalue weighted by Gasteiger charge is -2.48. The van der Waals surface area contributed by atoms with Crippen LogP contribution in [0.4, 0.5) is 4.39 Å². The van der Waals surface area contributed by atoms with E-state index in [0.717, 1.165) is 25.7 Å². The average molecular weight is 329 g/mol. The van der Waals surface area contributed by atoms with Crippen LogP contribution in [0.2, 0.25) is 0 Å². The number of hydrogen-bond acceptors (Lipinski definition) is 2. The van der Waals surface area contributed by atoms with Crippen molar-refractivity contribution in [3.63, 3.8) is 0 Å². The second-order valence-electron chi connectivity index (χ2n) is 5.76. The molecule has 0 aromatic heterocycles. The van der Waals surface area contributed by atoms with Crippen molar-refractivity contribution in [2.45, 2.75) is 43.8 Å². The normalized spacial score (nSPS) is 27.0. The largest absolute Gasteiger partial charge is 0.388 e. The van der Waals surface area contributed by atoms with Crippen LogP contribution in [0, 0.1) is 11.7 Å². The monoisotopic (exact) mass is 328 g/mol. The molecule has 2 aliphatic rings. The third-order valence-corrected chi connectivity index (χ3v) is 5.17. The van der Waals surface area contributed by atoms with E-state index in [9.17, 15) is 9.50 Å². The molecular formula is C15H18BrFO2. The summed E-state index contributed by atoms with van der Waals surface area (Å²) in [7, 11) is 0. The SMILES string of the molecule is OC(c1ccc(Br)c(F)c1)C1CCOC2(CCC2)C1. The molecule has 1 N–H and O–H groups in total. The number of aliphatic hydroxyl groups is 1. The van der Waals surface area contributed by atoms with E-state index in [1.54, 1.807) is 12.1 Å². The zero-order chi connectivity index (χ0) is 13.5. The Morgan fingerprint density at radius 3 is 2.84 bits per heavy atom. The van der Waals surface area contributed by atoms with E-state index in [4.69, 9.17) is 4.74 Å². The summed E-state index contributed by atoms with van der Waals surface area (Å²) >= 11 is 3.14. The number of hydrogen-bond donors (Lipinski definition) is 1. The molecule has 1 aromatic carbocycles. The first-order valence-electron chi connectivity index (χ1n) is 6.87. The molecule has 1 aliphatic carbocycles. The van der Waals surface area contributed by atoms with Crippen LogP contribution >= 0.6 is 15.9 Å². The Morgan fingerprint density at radius 2 is 2.21 bits per heavy atom. The van der Waals surface area contributed by atoms with Gasteiger partial charge in [-0.05, 0) is 71.6 Å². The van der Waals surface area contributed by atoms with Crippen molar-refractivity contribution in [1.82, 2.24) is 0 Å². The second kappa shape index (κ2) is 5.15. The molecule has 2 unspecified atom stereocenters. The maximum Gasteiger partial charge on any atom is 0.137 e. The third kappa shape index (κ3) is 2.58. The van der Waals surface area contributed by atoms with E-state index in [2.05, 4.69) is 15.9 Å². The first-order chi connectivity index (χ1) is 9.10. The third-order valence-electron chi connectivity index (χ3n) is 4.53. The summed E-state index contributed by atoms with van der Waals surface area (Å²) in [6.45, 7) is 0.709. The lowest BCUT2D eigenvalue weighted by Crippen LogP contribution is -2.46. The van der Waals surface area contributed by atoms with Crippen LogP contribution in [-0.4, -0.2) is 17.3 Å². The molecule has 2 fully saturated rings. The Balaban J connectivity index is 1.75. The molecule has 0 radical (unpaired) electrons. The highest BCUT2D eigenvalue weighted by atomic mass is 79.9. The standard InChI is InChI=1S/C15H18BrFO2/c16-12-3-2-10(8-13(12)17)14(18)11-4-7-19-15(9-11)5-1-6-15/h2-3,8,11,14,18H,1,4-7,9H2. The lowest BCUT2D eigenvalue weighted by atomic mass is 9.70. The van der Waals surface area contributed by atoms with Crippen LogP contribution in [0.15, 0.2) is 22.7 Å². The Hall–Kier alpha value is -0.450. The van der Waals surface area contributed by atoms with Gasteiger partial charge < -0.3 is 9.84 Å². The van der Waals surface area contributed by atoms with Crippen LogP contribution < -0.4 is 0 Å². The maximum atomic E-state index is 13.6. The Kier molecular flexibility index (Phi) is 3.67. The van der Waals surface area contributed by atoms with Crippen molar-refractivity contribution < 1.29 is 14.2 Å². The van der Waals surface area contributed by atoms with Crippen LogP contribution in [0.1, 0.15) is 43.8 Å². The Morgan fingerprint density at radius 1 is 1.42 bits per heavy atom. The fraction of sp³-hybridized carbons (Fsp3) is 0.600. The lowest BCUT2D eigenvalue weighted by molar-refractivity contribution is -0.157. The van der Waals surface area contributed by atoms with Crippen LogP contribution in [0.3, 0.4) is 0 Å². The minimum absolute atomic E-state index is 0.0117. The maximum absolute atomic E-state index is 13.6. The molecule has 2 atom stereocenters. The zero-order valence-corrected chi connectivity index (χ0v) is 12.3. The predicted molar refractivity (Wildman–Crippen MR) is 74.3 cm³/mol. The van der Waals surface area contributed by atoms with Gasteiger partial charge in [0.25, 0.3) is 0 Å². The molecule has 1 aromatic rings. The van der Waals surface area contributed by atoms with E-state index in [1.165, 1.54) is 12.5 Å². The second-order valence-corrected chi connectivity index (χ2v) is 6.61. The van der Waals surface area contributed by atoms with Gasteiger partial charge in [-0.25, -0.2) is 4.39 Å². The molecule has 2 nitrogen and oxygen atoms in total. The summed E-state index contributed by atoms with van der Waals surface area (Å²) in [6, 6.07) is 4.88. The molecule has 1 saturated carbocycles. The van der Waals surface area contributed by atoms with Gasteiger partial charge in [-0.15, -0.1) is 0 Å². The van der Waals surface area contributed by atoms with Crippen LogP contribution in [0.5, 0.6) is 0 Å². The fourth-order valence-electron chi connectivity index (χ4n) is 3.22. The van der Waals surface area contributed by atoms with Gasteiger partial charge in [0.15, 0.2) is 0 Å². The first kappa shape index (κ1) is 13.5. The number of aliphatic hydroxyl groups excluding tert-OH is 1.